The summed E-state index contributed by atoms with van der Waals surface area (Å²) in [6.45, 7) is 2.01. The number of carbonyl (C=O) groups is 1. The van der Waals surface area contributed by atoms with Crippen LogP contribution < -0.4 is 20.7 Å². The predicted molar refractivity (Wildman–Crippen MR) is 118 cm³/mol. The molecule has 1 amide bonds. The molecule has 0 radical (unpaired) electrons. The molecule has 1 N–H and O–H groups in total. The van der Waals surface area contributed by atoms with E-state index in [0.29, 0.717) is 54.3 Å². The number of H-pyrrole nitrogens is 1. The van der Waals surface area contributed by atoms with Crippen LogP contribution in [0.15, 0.2) is 57.2 Å². The number of amides is 1. The molecule has 0 unspecified atom stereocenters. The standard InChI is InChI=1S/C22H22N4O6/c1-30-19-12-15(6-7-18(19)32-14-20(27)25-8-10-31-11-9-25)13-23-26-21(28)16-4-2-3-5-17(16)24-22(26)29/h2-7,12-13H,8-11,14H2,1H3,(H,24,29). The number of benzene rings is 2. The van der Waals surface area contributed by atoms with E-state index in [2.05, 4.69) is 10.1 Å². The number of morpholine rings is 1. The zero-order valence-electron chi connectivity index (χ0n) is 17.4. The number of ether oxygens (including phenoxy) is 3. The molecule has 166 valence electrons. The van der Waals surface area contributed by atoms with Crippen LogP contribution in [-0.2, 0) is 9.53 Å². The number of hydrogen-bond acceptors (Lipinski definition) is 7. The molecule has 1 aromatic heterocycles. The number of aromatic nitrogens is 2. The van der Waals surface area contributed by atoms with Gasteiger partial charge in [0.15, 0.2) is 18.1 Å². The second-order valence-corrected chi connectivity index (χ2v) is 7.03. The maximum atomic E-state index is 12.6. The highest BCUT2D eigenvalue weighted by atomic mass is 16.5. The highest BCUT2D eigenvalue weighted by Gasteiger charge is 2.18. The minimum absolute atomic E-state index is 0.119. The summed E-state index contributed by atoms with van der Waals surface area (Å²) >= 11 is 0. The number of methoxy groups -OCH3 is 1. The maximum absolute atomic E-state index is 12.6. The van der Waals surface area contributed by atoms with Crippen molar-refractivity contribution in [1.29, 1.82) is 0 Å². The Hall–Kier alpha value is -3.92. The first-order valence-corrected chi connectivity index (χ1v) is 10.0. The normalized spacial score (nSPS) is 14.1. The van der Waals surface area contributed by atoms with Gasteiger partial charge in [-0.25, -0.2) is 4.79 Å². The monoisotopic (exact) mass is 438 g/mol. The Morgan fingerprint density at radius 2 is 1.94 bits per heavy atom. The summed E-state index contributed by atoms with van der Waals surface area (Å²) in [4.78, 5) is 41.4. The Kier molecular flexibility index (Phi) is 6.31. The van der Waals surface area contributed by atoms with Crippen LogP contribution in [0.5, 0.6) is 11.5 Å². The van der Waals surface area contributed by atoms with Gasteiger partial charge in [0.1, 0.15) is 0 Å². The first-order valence-electron chi connectivity index (χ1n) is 10.0. The molecule has 1 aliphatic heterocycles. The minimum Gasteiger partial charge on any atom is -0.493 e. The van der Waals surface area contributed by atoms with Gasteiger partial charge < -0.3 is 24.1 Å². The quantitative estimate of drug-likeness (QED) is 0.570. The molecule has 2 heterocycles. The summed E-state index contributed by atoms with van der Waals surface area (Å²) in [6, 6.07) is 11.7. The van der Waals surface area contributed by atoms with Crippen molar-refractivity contribution in [2.45, 2.75) is 0 Å². The second kappa shape index (κ2) is 9.48. The summed E-state index contributed by atoms with van der Waals surface area (Å²) in [5, 5.41) is 4.39. The Balaban J connectivity index is 1.51. The van der Waals surface area contributed by atoms with Gasteiger partial charge in [-0.2, -0.15) is 5.10 Å². The number of para-hydroxylation sites is 1. The zero-order chi connectivity index (χ0) is 22.5. The van der Waals surface area contributed by atoms with Gasteiger partial charge in [0.05, 0.1) is 37.4 Å². The minimum atomic E-state index is -0.640. The van der Waals surface area contributed by atoms with E-state index in [1.807, 2.05) is 0 Å². The summed E-state index contributed by atoms with van der Waals surface area (Å²) in [5.41, 5.74) is -0.135. The Morgan fingerprint density at radius 1 is 1.16 bits per heavy atom. The average Bonchev–Trinajstić information content (AvgIpc) is 2.83. The van der Waals surface area contributed by atoms with E-state index in [4.69, 9.17) is 14.2 Å². The number of aromatic amines is 1. The van der Waals surface area contributed by atoms with Crippen molar-refractivity contribution in [3.05, 3.63) is 68.9 Å². The van der Waals surface area contributed by atoms with E-state index in [1.165, 1.54) is 13.3 Å². The Labute approximate surface area is 182 Å². The summed E-state index contributed by atoms with van der Waals surface area (Å²) in [5.74, 6) is 0.659. The van der Waals surface area contributed by atoms with Crippen LogP contribution >= 0.6 is 0 Å². The molecule has 0 saturated carbocycles. The highest BCUT2D eigenvalue weighted by Crippen LogP contribution is 2.27. The largest absolute Gasteiger partial charge is 0.493 e. The molecule has 3 aromatic rings. The van der Waals surface area contributed by atoms with Gasteiger partial charge in [0, 0.05) is 13.1 Å². The lowest BCUT2D eigenvalue weighted by Gasteiger charge is -2.26. The fourth-order valence-corrected chi connectivity index (χ4v) is 3.31. The van der Waals surface area contributed by atoms with Crippen molar-refractivity contribution in [1.82, 2.24) is 14.6 Å². The van der Waals surface area contributed by atoms with Gasteiger partial charge in [-0.3, -0.25) is 9.59 Å². The molecular formula is C22H22N4O6. The molecule has 4 rings (SSSR count). The van der Waals surface area contributed by atoms with Gasteiger partial charge >= 0.3 is 5.69 Å². The molecule has 32 heavy (non-hydrogen) atoms. The van der Waals surface area contributed by atoms with Crippen molar-refractivity contribution in [2.75, 3.05) is 40.0 Å². The fraction of sp³-hybridized carbons (Fsp3) is 0.273. The molecule has 1 fully saturated rings. The summed E-state index contributed by atoms with van der Waals surface area (Å²) < 4.78 is 17.0. The fourth-order valence-electron chi connectivity index (χ4n) is 3.31. The van der Waals surface area contributed by atoms with Crippen molar-refractivity contribution in [3.8, 4) is 11.5 Å². The molecule has 0 bridgehead atoms. The summed E-state index contributed by atoms with van der Waals surface area (Å²) in [7, 11) is 1.48. The lowest BCUT2D eigenvalue weighted by atomic mass is 10.2. The number of fused-ring (bicyclic) bond motifs is 1. The van der Waals surface area contributed by atoms with E-state index in [1.54, 1.807) is 47.4 Å². The molecule has 10 nitrogen and oxygen atoms in total. The number of nitrogens with zero attached hydrogens (tertiary/aromatic N) is 3. The van der Waals surface area contributed by atoms with Crippen molar-refractivity contribution < 1.29 is 19.0 Å². The molecule has 0 spiro atoms. The van der Waals surface area contributed by atoms with Gasteiger partial charge in [-0.1, -0.05) is 12.1 Å². The van der Waals surface area contributed by atoms with Crippen LogP contribution in [0.25, 0.3) is 10.9 Å². The molecular weight excluding hydrogens is 416 g/mol. The highest BCUT2D eigenvalue weighted by molar-refractivity contribution is 5.82. The van der Waals surface area contributed by atoms with E-state index in [0.717, 1.165) is 4.68 Å². The van der Waals surface area contributed by atoms with Crippen LogP contribution in [0.2, 0.25) is 0 Å². The molecule has 1 saturated heterocycles. The van der Waals surface area contributed by atoms with Crippen LogP contribution in [0, 0.1) is 0 Å². The topological polar surface area (TPSA) is 115 Å². The number of hydrogen-bond donors (Lipinski definition) is 1. The molecule has 1 aliphatic rings. The Bertz CT molecular complexity index is 1270. The maximum Gasteiger partial charge on any atom is 0.349 e. The first kappa shape index (κ1) is 21.3. The number of nitrogens with one attached hydrogen (secondary N) is 1. The molecule has 2 aromatic carbocycles. The first-order chi connectivity index (χ1) is 15.6. The summed E-state index contributed by atoms with van der Waals surface area (Å²) in [6.07, 6.45) is 1.37. The van der Waals surface area contributed by atoms with Crippen molar-refractivity contribution in [2.24, 2.45) is 5.10 Å². The van der Waals surface area contributed by atoms with Crippen LogP contribution in [-0.4, -0.2) is 66.7 Å². The second-order valence-electron chi connectivity index (χ2n) is 7.03. The molecule has 10 heteroatoms. The zero-order valence-corrected chi connectivity index (χ0v) is 17.4. The predicted octanol–water partition coefficient (Wildman–Crippen LogP) is 0.818. The van der Waals surface area contributed by atoms with Crippen LogP contribution in [0.1, 0.15) is 5.56 Å². The van der Waals surface area contributed by atoms with Crippen LogP contribution in [0.3, 0.4) is 0 Å². The lowest BCUT2D eigenvalue weighted by molar-refractivity contribution is -0.137. The Morgan fingerprint density at radius 3 is 2.72 bits per heavy atom. The smallest absolute Gasteiger partial charge is 0.349 e. The SMILES string of the molecule is COc1cc(C=Nn2c(=O)[nH]c3ccccc3c2=O)ccc1OCC(=O)N1CCOCC1. The third-order valence-corrected chi connectivity index (χ3v) is 5.01. The van der Waals surface area contributed by atoms with Crippen molar-refractivity contribution >= 4 is 23.0 Å². The van der Waals surface area contributed by atoms with E-state index in [9.17, 15) is 14.4 Å². The number of carbonyl (C=O) groups excluding carboxylic acids is 1. The van der Waals surface area contributed by atoms with Crippen LogP contribution in [0.4, 0.5) is 0 Å². The lowest BCUT2D eigenvalue weighted by Crippen LogP contribution is -2.43. The van der Waals surface area contributed by atoms with Gasteiger partial charge in [0.25, 0.3) is 11.5 Å². The van der Waals surface area contributed by atoms with E-state index in [-0.39, 0.29) is 12.5 Å². The van der Waals surface area contributed by atoms with E-state index < -0.39 is 11.2 Å². The van der Waals surface area contributed by atoms with E-state index >= 15 is 0 Å². The molecule has 0 atom stereocenters. The molecule has 0 aliphatic carbocycles. The number of rotatable bonds is 6. The average molecular weight is 438 g/mol. The third-order valence-electron chi connectivity index (χ3n) is 5.01. The van der Waals surface area contributed by atoms with Gasteiger partial charge in [-0.05, 0) is 35.9 Å². The van der Waals surface area contributed by atoms with Gasteiger partial charge in [0.2, 0.25) is 0 Å². The van der Waals surface area contributed by atoms with Gasteiger partial charge in [-0.15, -0.1) is 4.68 Å². The van der Waals surface area contributed by atoms with Crippen molar-refractivity contribution in [3.63, 3.8) is 0 Å². The third kappa shape index (κ3) is 4.54.